The molecule has 2 aliphatic rings. The van der Waals surface area contributed by atoms with Crippen molar-refractivity contribution < 1.29 is 9.59 Å². The molecule has 1 atom stereocenters. The van der Waals surface area contributed by atoms with Gasteiger partial charge >= 0.3 is 0 Å². The molecule has 2 rings (SSSR count). The summed E-state index contributed by atoms with van der Waals surface area (Å²) in [5.74, 6) is -0.123. The van der Waals surface area contributed by atoms with Gasteiger partial charge in [-0.2, -0.15) is 5.26 Å². The highest BCUT2D eigenvalue weighted by Crippen LogP contribution is 2.18. The number of nitrogens with zero attached hydrogens (tertiary/aromatic N) is 4. The third-order valence-electron chi connectivity index (χ3n) is 3.64. The predicted molar refractivity (Wildman–Crippen MR) is 64.4 cm³/mol. The molecule has 0 aromatic rings. The number of amides is 2. The van der Waals surface area contributed by atoms with Gasteiger partial charge in [0, 0.05) is 32.6 Å². The van der Waals surface area contributed by atoms with E-state index in [1.807, 2.05) is 7.05 Å². The number of rotatable bonds is 2. The molecule has 0 unspecified atom stereocenters. The van der Waals surface area contributed by atoms with E-state index in [0.717, 1.165) is 13.1 Å². The Balaban J connectivity index is 1.91. The molecule has 0 saturated carbocycles. The first-order chi connectivity index (χ1) is 8.61. The number of hydrogen-bond donors (Lipinski definition) is 0. The molecule has 2 aliphatic heterocycles. The van der Waals surface area contributed by atoms with Crippen molar-refractivity contribution in [3.63, 3.8) is 0 Å². The summed E-state index contributed by atoms with van der Waals surface area (Å²) in [4.78, 5) is 29.0. The number of nitriles is 1. The van der Waals surface area contributed by atoms with Crippen molar-refractivity contribution in [3.8, 4) is 6.07 Å². The van der Waals surface area contributed by atoms with Gasteiger partial charge in [0.05, 0.1) is 6.07 Å². The van der Waals surface area contributed by atoms with Crippen molar-refractivity contribution >= 4 is 11.8 Å². The van der Waals surface area contributed by atoms with Crippen LogP contribution in [0.5, 0.6) is 0 Å². The van der Waals surface area contributed by atoms with Gasteiger partial charge in [-0.05, 0) is 13.5 Å². The molecule has 98 valence electrons. The average molecular weight is 250 g/mol. The molecule has 2 amide bonds. The van der Waals surface area contributed by atoms with Crippen molar-refractivity contribution in [2.45, 2.75) is 18.9 Å². The fourth-order valence-corrected chi connectivity index (χ4v) is 2.37. The highest BCUT2D eigenvalue weighted by molar-refractivity contribution is 5.86. The summed E-state index contributed by atoms with van der Waals surface area (Å²) in [6.07, 6.45) is 0.930. The van der Waals surface area contributed by atoms with Gasteiger partial charge in [0.1, 0.15) is 12.6 Å². The van der Waals surface area contributed by atoms with E-state index in [9.17, 15) is 9.59 Å². The van der Waals surface area contributed by atoms with Crippen molar-refractivity contribution in [3.05, 3.63) is 0 Å². The van der Waals surface area contributed by atoms with E-state index in [1.54, 1.807) is 4.90 Å². The number of carbonyl (C=O) groups excluding carboxylic acids is 2. The van der Waals surface area contributed by atoms with Crippen molar-refractivity contribution in [2.24, 2.45) is 0 Å². The fourth-order valence-electron chi connectivity index (χ4n) is 2.37. The standard InChI is InChI=1S/C12H18N4O2/c1-14-4-6-15(7-5-14)12(18)9-16-10(8-13)2-3-11(16)17/h10H,2-7,9H2,1H3/t10-/m0/s1. The molecule has 0 spiro atoms. The van der Waals surface area contributed by atoms with E-state index in [0.29, 0.717) is 25.9 Å². The summed E-state index contributed by atoms with van der Waals surface area (Å²) in [6, 6.07) is 1.66. The highest BCUT2D eigenvalue weighted by atomic mass is 16.2. The molecule has 2 heterocycles. The maximum absolute atomic E-state index is 12.1. The fraction of sp³-hybridized carbons (Fsp3) is 0.750. The van der Waals surface area contributed by atoms with E-state index in [4.69, 9.17) is 5.26 Å². The average Bonchev–Trinajstić information content (AvgIpc) is 2.71. The zero-order valence-corrected chi connectivity index (χ0v) is 10.6. The van der Waals surface area contributed by atoms with Crippen LogP contribution in [0.3, 0.4) is 0 Å². The molecule has 2 fully saturated rings. The van der Waals surface area contributed by atoms with Crippen LogP contribution in [0.15, 0.2) is 0 Å². The molecular weight excluding hydrogens is 232 g/mol. The van der Waals surface area contributed by atoms with E-state index in [-0.39, 0.29) is 18.4 Å². The van der Waals surface area contributed by atoms with Crippen molar-refractivity contribution in [1.82, 2.24) is 14.7 Å². The first kappa shape index (κ1) is 12.8. The molecule has 0 aromatic carbocycles. The van der Waals surface area contributed by atoms with Crippen LogP contribution >= 0.6 is 0 Å². The Morgan fingerprint density at radius 2 is 2.06 bits per heavy atom. The van der Waals surface area contributed by atoms with Gasteiger partial charge in [0.15, 0.2) is 0 Å². The first-order valence-corrected chi connectivity index (χ1v) is 6.27. The van der Waals surface area contributed by atoms with Crippen molar-refractivity contribution in [1.29, 1.82) is 5.26 Å². The summed E-state index contributed by atoms with van der Waals surface area (Å²) >= 11 is 0. The van der Waals surface area contributed by atoms with Gasteiger partial charge in [-0.25, -0.2) is 0 Å². The van der Waals surface area contributed by atoms with Crippen molar-refractivity contribution in [2.75, 3.05) is 39.8 Å². The number of hydrogen-bond acceptors (Lipinski definition) is 4. The normalized spacial score (nSPS) is 25.3. The van der Waals surface area contributed by atoms with Crippen LogP contribution in [-0.2, 0) is 9.59 Å². The van der Waals surface area contributed by atoms with E-state index in [1.165, 1.54) is 4.90 Å². The molecule has 0 bridgehead atoms. The molecule has 6 heteroatoms. The Bertz CT molecular complexity index is 382. The SMILES string of the molecule is CN1CCN(C(=O)CN2C(=O)CC[C@H]2C#N)CC1. The summed E-state index contributed by atoms with van der Waals surface area (Å²) in [5.41, 5.74) is 0. The van der Waals surface area contributed by atoms with Crippen LogP contribution in [-0.4, -0.2) is 72.3 Å². The molecule has 0 radical (unpaired) electrons. The lowest BCUT2D eigenvalue weighted by Crippen LogP contribution is -2.51. The Morgan fingerprint density at radius 3 is 2.67 bits per heavy atom. The lowest BCUT2D eigenvalue weighted by atomic mass is 10.2. The Kier molecular flexibility index (Phi) is 3.82. The largest absolute Gasteiger partial charge is 0.339 e. The molecular formula is C12H18N4O2. The molecule has 18 heavy (non-hydrogen) atoms. The minimum atomic E-state index is -0.422. The monoisotopic (exact) mass is 250 g/mol. The van der Waals surface area contributed by atoms with Crippen LogP contribution in [0.1, 0.15) is 12.8 Å². The molecule has 0 aliphatic carbocycles. The van der Waals surface area contributed by atoms with Crippen LogP contribution in [0.4, 0.5) is 0 Å². The Morgan fingerprint density at radius 1 is 1.39 bits per heavy atom. The molecule has 0 aromatic heterocycles. The third kappa shape index (κ3) is 2.62. The second-order valence-corrected chi connectivity index (χ2v) is 4.89. The number of likely N-dealkylation sites (N-methyl/N-ethyl adjacent to an activating group) is 1. The summed E-state index contributed by atoms with van der Waals surface area (Å²) in [7, 11) is 2.03. The zero-order chi connectivity index (χ0) is 13.1. The topological polar surface area (TPSA) is 67.7 Å². The number of likely N-dealkylation sites (tertiary alicyclic amines) is 1. The minimum absolute atomic E-state index is 0.0430. The molecule has 2 saturated heterocycles. The van der Waals surface area contributed by atoms with Gasteiger partial charge in [-0.1, -0.05) is 0 Å². The first-order valence-electron chi connectivity index (χ1n) is 6.27. The van der Waals surface area contributed by atoms with Gasteiger partial charge in [-0.3, -0.25) is 9.59 Å². The summed E-state index contributed by atoms with van der Waals surface area (Å²) < 4.78 is 0. The maximum Gasteiger partial charge on any atom is 0.242 e. The predicted octanol–water partition coefficient (Wildman–Crippen LogP) is -0.725. The lowest BCUT2D eigenvalue weighted by Gasteiger charge is -2.33. The second-order valence-electron chi connectivity index (χ2n) is 4.89. The van der Waals surface area contributed by atoms with Crippen LogP contribution in [0, 0.1) is 11.3 Å². The van der Waals surface area contributed by atoms with Crippen LogP contribution in [0.2, 0.25) is 0 Å². The van der Waals surface area contributed by atoms with E-state index in [2.05, 4.69) is 11.0 Å². The minimum Gasteiger partial charge on any atom is -0.339 e. The highest BCUT2D eigenvalue weighted by Gasteiger charge is 2.33. The quantitative estimate of drug-likeness (QED) is 0.648. The maximum atomic E-state index is 12.1. The zero-order valence-electron chi connectivity index (χ0n) is 10.6. The smallest absolute Gasteiger partial charge is 0.242 e. The summed E-state index contributed by atoms with van der Waals surface area (Å²) in [5, 5.41) is 8.94. The van der Waals surface area contributed by atoms with E-state index < -0.39 is 6.04 Å². The van der Waals surface area contributed by atoms with Gasteiger partial charge in [0.2, 0.25) is 11.8 Å². The lowest BCUT2D eigenvalue weighted by molar-refractivity contribution is -0.140. The number of piperazine rings is 1. The second kappa shape index (κ2) is 5.36. The third-order valence-corrected chi connectivity index (χ3v) is 3.64. The van der Waals surface area contributed by atoms with Gasteiger partial charge in [-0.15, -0.1) is 0 Å². The molecule has 6 nitrogen and oxygen atoms in total. The van der Waals surface area contributed by atoms with Crippen LogP contribution < -0.4 is 0 Å². The Labute approximate surface area is 107 Å². The number of carbonyl (C=O) groups is 2. The van der Waals surface area contributed by atoms with Crippen LogP contribution in [0.25, 0.3) is 0 Å². The summed E-state index contributed by atoms with van der Waals surface area (Å²) in [6.45, 7) is 3.19. The van der Waals surface area contributed by atoms with E-state index >= 15 is 0 Å². The van der Waals surface area contributed by atoms with Gasteiger partial charge < -0.3 is 14.7 Å². The molecule has 0 N–H and O–H groups in total. The van der Waals surface area contributed by atoms with Gasteiger partial charge in [0.25, 0.3) is 0 Å². The Hall–Kier alpha value is -1.61.